The van der Waals surface area contributed by atoms with Crippen LogP contribution in [0.15, 0.2) is 0 Å². The molecule has 16 heavy (non-hydrogen) atoms. The van der Waals surface area contributed by atoms with Gasteiger partial charge in [0.25, 0.3) is 0 Å². The summed E-state index contributed by atoms with van der Waals surface area (Å²) in [5.41, 5.74) is -0.147. The molecular weight excluding hydrogens is 224 g/mol. The van der Waals surface area contributed by atoms with Crippen LogP contribution in [0.4, 0.5) is 0 Å². The van der Waals surface area contributed by atoms with Crippen molar-refractivity contribution < 1.29 is 9.47 Å². The van der Waals surface area contributed by atoms with Crippen LogP contribution >= 0.6 is 11.6 Å². The maximum absolute atomic E-state index is 6.06. The molecule has 0 aromatic carbocycles. The van der Waals surface area contributed by atoms with Gasteiger partial charge in [-0.2, -0.15) is 0 Å². The molecule has 0 bridgehead atoms. The summed E-state index contributed by atoms with van der Waals surface area (Å²) in [4.78, 5) is 0. The number of halogens is 1. The van der Waals surface area contributed by atoms with E-state index in [-0.39, 0.29) is 17.1 Å². The molecule has 3 heteroatoms. The molecule has 0 radical (unpaired) electrons. The van der Waals surface area contributed by atoms with Gasteiger partial charge in [-0.15, -0.1) is 11.6 Å². The van der Waals surface area contributed by atoms with Crippen molar-refractivity contribution in [1.82, 2.24) is 0 Å². The van der Waals surface area contributed by atoms with Crippen LogP contribution < -0.4 is 0 Å². The van der Waals surface area contributed by atoms with Gasteiger partial charge in [-0.1, -0.05) is 13.8 Å². The van der Waals surface area contributed by atoms with Crippen LogP contribution in [0.5, 0.6) is 0 Å². The van der Waals surface area contributed by atoms with E-state index < -0.39 is 5.79 Å². The van der Waals surface area contributed by atoms with Crippen molar-refractivity contribution >= 4 is 11.6 Å². The number of alkyl halides is 1. The van der Waals surface area contributed by atoms with Gasteiger partial charge in [0, 0.05) is 5.88 Å². The maximum atomic E-state index is 6.06. The van der Waals surface area contributed by atoms with Crippen molar-refractivity contribution in [3.05, 3.63) is 0 Å². The largest absolute Gasteiger partial charge is 0.344 e. The van der Waals surface area contributed by atoms with Crippen LogP contribution in [0.2, 0.25) is 0 Å². The lowest BCUT2D eigenvalue weighted by atomic mass is 9.75. The first-order valence-corrected chi connectivity index (χ1v) is 6.58. The second-order valence-electron chi connectivity index (χ2n) is 6.38. The van der Waals surface area contributed by atoms with Crippen molar-refractivity contribution in [3.63, 3.8) is 0 Å². The second-order valence-corrected chi connectivity index (χ2v) is 6.76. The van der Waals surface area contributed by atoms with Gasteiger partial charge in [0.15, 0.2) is 5.79 Å². The van der Waals surface area contributed by atoms with Gasteiger partial charge in [0.1, 0.15) is 0 Å². The Kier molecular flexibility index (Phi) is 3.99. The van der Waals surface area contributed by atoms with E-state index >= 15 is 0 Å². The molecule has 0 aromatic rings. The highest BCUT2D eigenvalue weighted by Gasteiger charge is 2.52. The van der Waals surface area contributed by atoms with E-state index in [1.807, 2.05) is 13.8 Å². The monoisotopic (exact) mass is 248 g/mol. The summed E-state index contributed by atoms with van der Waals surface area (Å²) in [5.74, 6) is 0.229. The fourth-order valence-corrected chi connectivity index (χ4v) is 3.02. The van der Waals surface area contributed by atoms with Crippen LogP contribution in [0.3, 0.4) is 0 Å². The first kappa shape index (κ1) is 14.3. The molecular formula is C13H25ClO2. The molecule has 0 amide bonds. The number of rotatable bonds is 4. The van der Waals surface area contributed by atoms with E-state index in [1.165, 1.54) is 0 Å². The lowest BCUT2D eigenvalue weighted by Crippen LogP contribution is -2.44. The van der Waals surface area contributed by atoms with Crippen molar-refractivity contribution in [3.8, 4) is 0 Å². The molecule has 1 heterocycles. The van der Waals surface area contributed by atoms with Crippen molar-refractivity contribution in [2.45, 2.75) is 71.9 Å². The summed E-state index contributed by atoms with van der Waals surface area (Å²) in [6, 6.07) is 0. The standard InChI is InChI=1S/C13H25ClO2/c1-11(2,8-7-9-14)10-12(3,4)16-13(5,6)15-10/h10H,7-9H2,1-6H3. The lowest BCUT2D eigenvalue weighted by Gasteiger charge is -2.37. The van der Waals surface area contributed by atoms with Gasteiger partial charge in [-0.05, 0) is 46.0 Å². The molecule has 1 aliphatic heterocycles. The third-order valence-electron chi connectivity index (χ3n) is 3.21. The molecule has 0 spiro atoms. The molecule has 1 aliphatic rings. The Hall–Kier alpha value is 0.210. The summed E-state index contributed by atoms with van der Waals surface area (Å²) >= 11 is 5.77. The van der Waals surface area contributed by atoms with Gasteiger partial charge in [0.2, 0.25) is 0 Å². The van der Waals surface area contributed by atoms with Gasteiger partial charge in [0.05, 0.1) is 11.7 Å². The van der Waals surface area contributed by atoms with E-state index in [1.54, 1.807) is 0 Å². The smallest absolute Gasteiger partial charge is 0.164 e. The fraction of sp³-hybridized carbons (Fsp3) is 1.00. The van der Waals surface area contributed by atoms with E-state index in [9.17, 15) is 0 Å². The number of hydrogen-bond donors (Lipinski definition) is 0. The molecule has 1 atom stereocenters. The minimum absolute atomic E-state index is 0.0894. The van der Waals surface area contributed by atoms with Gasteiger partial charge < -0.3 is 9.47 Å². The van der Waals surface area contributed by atoms with Gasteiger partial charge >= 0.3 is 0 Å². The van der Waals surface area contributed by atoms with E-state index in [4.69, 9.17) is 21.1 Å². The van der Waals surface area contributed by atoms with Crippen molar-refractivity contribution in [2.75, 3.05) is 5.88 Å². The molecule has 0 aliphatic carbocycles. The Labute approximate surface area is 105 Å². The predicted octanol–water partition coefficient (Wildman–Crippen LogP) is 3.96. The summed E-state index contributed by atoms with van der Waals surface area (Å²) in [7, 11) is 0. The van der Waals surface area contributed by atoms with Crippen LogP contribution in [0.1, 0.15) is 54.4 Å². The Morgan fingerprint density at radius 2 is 1.75 bits per heavy atom. The summed E-state index contributed by atoms with van der Waals surface area (Å²) in [6.07, 6.45) is 2.19. The molecule has 1 fully saturated rings. The minimum atomic E-state index is -0.480. The zero-order valence-corrected chi connectivity index (χ0v) is 12.1. The molecule has 96 valence electrons. The summed E-state index contributed by atoms with van der Waals surface area (Å²) in [5, 5.41) is 0. The molecule has 0 aromatic heterocycles. The van der Waals surface area contributed by atoms with E-state index in [0.29, 0.717) is 5.88 Å². The lowest BCUT2D eigenvalue weighted by molar-refractivity contribution is -0.162. The molecule has 2 nitrogen and oxygen atoms in total. The molecule has 1 unspecified atom stereocenters. The van der Waals surface area contributed by atoms with E-state index in [0.717, 1.165) is 12.8 Å². The van der Waals surface area contributed by atoms with Gasteiger partial charge in [-0.3, -0.25) is 0 Å². The first-order valence-electron chi connectivity index (χ1n) is 6.05. The predicted molar refractivity (Wildman–Crippen MR) is 67.9 cm³/mol. The summed E-state index contributed by atoms with van der Waals surface area (Å²) in [6.45, 7) is 12.6. The van der Waals surface area contributed by atoms with Crippen molar-refractivity contribution in [2.24, 2.45) is 5.41 Å². The highest BCUT2D eigenvalue weighted by atomic mass is 35.5. The highest BCUT2D eigenvalue weighted by molar-refractivity contribution is 6.17. The molecule has 1 saturated heterocycles. The highest BCUT2D eigenvalue weighted by Crippen LogP contribution is 2.46. The Balaban J connectivity index is 2.79. The van der Waals surface area contributed by atoms with Crippen LogP contribution in [-0.2, 0) is 9.47 Å². The first-order chi connectivity index (χ1) is 7.11. The third-order valence-corrected chi connectivity index (χ3v) is 3.47. The Morgan fingerprint density at radius 1 is 1.19 bits per heavy atom. The minimum Gasteiger partial charge on any atom is -0.344 e. The SMILES string of the molecule is CC1(C)OC(C(C)(C)CCCCl)C(C)(C)O1. The molecule has 1 rings (SSSR count). The summed E-state index contributed by atoms with van der Waals surface area (Å²) < 4.78 is 12.0. The topological polar surface area (TPSA) is 18.5 Å². The van der Waals surface area contributed by atoms with E-state index in [2.05, 4.69) is 27.7 Å². The Morgan fingerprint density at radius 3 is 2.12 bits per heavy atom. The molecule has 0 saturated carbocycles. The quantitative estimate of drug-likeness (QED) is 0.701. The fourth-order valence-electron chi connectivity index (χ4n) is 2.89. The second kappa shape index (κ2) is 4.47. The van der Waals surface area contributed by atoms with Gasteiger partial charge in [-0.25, -0.2) is 0 Å². The average Bonchev–Trinajstić information content (AvgIpc) is 2.31. The Bertz CT molecular complexity index is 246. The average molecular weight is 249 g/mol. The van der Waals surface area contributed by atoms with Crippen molar-refractivity contribution in [1.29, 1.82) is 0 Å². The number of ether oxygens (including phenoxy) is 2. The third kappa shape index (κ3) is 3.12. The zero-order chi connectivity index (χ0) is 12.6. The zero-order valence-electron chi connectivity index (χ0n) is 11.4. The van der Waals surface area contributed by atoms with Crippen LogP contribution in [0.25, 0.3) is 0 Å². The number of hydrogen-bond acceptors (Lipinski definition) is 2. The van der Waals surface area contributed by atoms with Crippen LogP contribution in [-0.4, -0.2) is 23.4 Å². The normalized spacial score (nSPS) is 28.3. The maximum Gasteiger partial charge on any atom is 0.164 e. The van der Waals surface area contributed by atoms with Crippen LogP contribution in [0, 0.1) is 5.41 Å². The molecule has 0 N–H and O–H groups in total.